The number of halogens is 1. The highest BCUT2D eigenvalue weighted by atomic mass is 35.5. The highest BCUT2D eigenvalue weighted by Gasteiger charge is 2.21. The second kappa shape index (κ2) is 10.1. The number of aromatic nitrogens is 5. The quantitative estimate of drug-likeness (QED) is 0.355. The summed E-state index contributed by atoms with van der Waals surface area (Å²) in [5, 5.41) is 14.7. The van der Waals surface area contributed by atoms with Gasteiger partial charge in [0.1, 0.15) is 0 Å². The van der Waals surface area contributed by atoms with Crippen LogP contribution in [0.2, 0.25) is 5.02 Å². The van der Waals surface area contributed by atoms with Crippen LogP contribution >= 0.6 is 11.6 Å². The van der Waals surface area contributed by atoms with E-state index < -0.39 is 0 Å². The fourth-order valence-electron chi connectivity index (χ4n) is 4.25. The number of benzene rings is 2. The van der Waals surface area contributed by atoms with Crippen LogP contribution in [0.25, 0.3) is 11.4 Å². The van der Waals surface area contributed by atoms with Crippen LogP contribution < -0.4 is 14.4 Å². The van der Waals surface area contributed by atoms with E-state index in [-0.39, 0.29) is 6.10 Å². The minimum Gasteiger partial charge on any atom is -0.493 e. The summed E-state index contributed by atoms with van der Waals surface area (Å²) < 4.78 is 11.9. The molecule has 2 aromatic heterocycles. The zero-order valence-electron chi connectivity index (χ0n) is 18.8. The topological polar surface area (TPSA) is 89.1 Å². The molecule has 174 valence electrons. The van der Waals surface area contributed by atoms with Gasteiger partial charge in [-0.3, -0.25) is 4.98 Å². The molecule has 1 saturated carbocycles. The summed E-state index contributed by atoms with van der Waals surface area (Å²) in [6.45, 7) is 0.598. The number of tetrazole rings is 1. The van der Waals surface area contributed by atoms with E-state index in [4.69, 9.17) is 21.1 Å². The van der Waals surface area contributed by atoms with Crippen molar-refractivity contribution in [1.82, 2.24) is 25.6 Å². The number of hydrogen-bond donors (Lipinski definition) is 1. The second-order valence-corrected chi connectivity index (χ2v) is 8.61. The van der Waals surface area contributed by atoms with Crippen molar-refractivity contribution in [1.29, 1.82) is 0 Å². The predicted molar refractivity (Wildman–Crippen MR) is 131 cm³/mol. The first kappa shape index (κ1) is 22.2. The summed E-state index contributed by atoms with van der Waals surface area (Å²) in [5.74, 6) is 1.92. The van der Waals surface area contributed by atoms with E-state index >= 15 is 0 Å². The van der Waals surface area contributed by atoms with E-state index in [2.05, 4.69) is 36.6 Å². The second-order valence-electron chi connectivity index (χ2n) is 8.21. The maximum atomic E-state index is 6.64. The summed E-state index contributed by atoms with van der Waals surface area (Å²) in [6.07, 6.45) is 8.39. The van der Waals surface area contributed by atoms with Crippen molar-refractivity contribution >= 4 is 23.0 Å². The number of nitrogens with one attached hydrogen (secondary N) is 1. The van der Waals surface area contributed by atoms with Crippen molar-refractivity contribution in [2.24, 2.45) is 0 Å². The standard InChI is InChI=1S/C25H25ClN6O2/c1-33-23-11-9-19(14-24(23)34-20-6-2-3-7-20)32(16-17-5-4-12-27-15-17)18-8-10-21(22(26)13-18)25-28-30-31-29-25/h4-5,8-15,20H,2-3,6-7,16H2,1H3,(H,28,29,30,31). The molecule has 0 saturated heterocycles. The van der Waals surface area contributed by atoms with Gasteiger partial charge in [-0.15, -0.1) is 10.2 Å². The molecule has 9 heteroatoms. The molecule has 5 rings (SSSR count). The Morgan fingerprint density at radius 1 is 1.06 bits per heavy atom. The lowest BCUT2D eigenvalue weighted by Crippen LogP contribution is -2.17. The number of nitrogens with zero attached hydrogens (tertiary/aromatic N) is 5. The monoisotopic (exact) mass is 476 g/mol. The van der Waals surface area contributed by atoms with E-state index in [0.29, 0.717) is 23.0 Å². The lowest BCUT2D eigenvalue weighted by molar-refractivity contribution is 0.201. The Bertz CT molecular complexity index is 1230. The van der Waals surface area contributed by atoms with Crippen LogP contribution in [0.4, 0.5) is 11.4 Å². The van der Waals surface area contributed by atoms with Gasteiger partial charge in [0.15, 0.2) is 11.5 Å². The van der Waals surface area contributed by atoms with Crippen LogP contribution in [-0.2, 0) is 6.54 Å². The van der Waals surface area contributed by atoms with Gasteiger partial charge < -0.3 is 14.4 Å². The van der Waals surface area contributed by atoms with Gasteiger partial charge in [0.25, 0.3) is 0 Å². The fraction of sp³-hybridized carbons (Fsp3) is 0.280. The fourth-order valence-corrected chi connectivity index (χ4v) is 4.51. The molecule has 34 heavy (non-hydrogen) atoms. The zero-order chi connectivity index (χ0) is 23.3. The number of anilines is 2. The smallest absolute Gasteiger partial charge is 0.206 e. The molecule has 1 fully saturated rings. The third kappa shape index (κ3) is 4.82. The molecule has 2 aromatic carbocycles. The number of H-pyrrole nitrogens is 1. The van der Waals surface area contributed by atoms with Gasteiger partial charge in [-0.2, -0.15) is 5.21 Å². The number of ether oxygens (including phenoxy) is 2. The van der Waals surface area contributed by atoms with Crippen molar-refractivity contribution in [2.75, 3.05) is 12.0 Å². The normalized spacial score (nSPS) is 13.7. The van der Waals surface area contributed by atoms with Crippen LogP contribution in [0.5, 0.6) is 11.5 Å². The number of hydrogen-bond acceptors (Lipinski definition) is 7. The number of pyridine rings is 1. The molecule has 4 aromatic rings. The Balaban J connectivity index is 1.53. The van der Waals surface area contributed by atoms with E-state index in [0.717, 1.165) is 41.3 Å². The first-order valence-electron chi connectivity index (χ1n) is 11.3. The molecular formula is C25H25ClN6O2. The molecule has 0 amide bonds. The molecule has 0 spiro atoms. The highest BCUT2D eigenvalue weighted by Crippen LogP contribution is 2.39. The van der Waals surface area contributed by atoms with Gasteiger partial charge in [-0.1, -0.05) is 17.7 Å². The molecule has 1 aliphatic carbocycles. The van der Waals surface area contributed by atoms with E-state index in [1.807, 2.05) is 48.7 Å². The van der Waals surface area contributed by atoms with Gasteiger partial charge in [0.05, 0.1) is 18.2 Å². The van der Waals surface area contributed by atoms with Crippen LogP contribution in [0.1, 0.15) is 31.2 Å². The zero-order valence-corrected chi connectivity index (χ0v) is 19.6. The van der Waals surface area contributed by atoms with Crippen LogP contribution in [0, 0.1) is 0 Å². The summed E-state index contributed by atoms with van der Waals surface area (Å²) in [5.41, 5.74) is 3.65. The molecular weight excluding hydrogens is 452 g/mol. The van der Waals surface area contributed by atoms with Gasteiger partial charge in [-0.05, 0) is 72.9 Å². The molecule has 1 N–H and O–H groups in total. The number of rotatable bonds is 8. The van der Waals surface area contributed by atoms with Crippen molar-refractivity contribution in [3.8, 4) is 22.9 Å². The van der Waals surface area contributed by atoms with Gasteiger partial charge in [0.2, 0.25) is 5.82 Å². The number of methoxy groups -OCH3 is 1. The van der Waals surface area contributed by atoms with Gasteiger partial charge in [0, 0.05) is 41.9 Å². The van der Waals surface area contributed by atoms with Crippen molar-refractivity contribution in [2.45, 2.75) is 38.3 Å². The molecule has 0 bridgehead atoms. The Hall–Kier alpha value is -3.65. The molecule has 8 nitrogen and oxygen atoms in total. The Morgan fingerprint density at radius 2 is 1.88 bits per heavy atom. The lowest BCUT2D eigenvalue weighted by Gasteiger charge is -2.27. The molecule has 0 aliphatic heterocycles. The van der Waals surface area contributed by atoms with E-state index in [1.165, 1.54) is 12.8 Å². The average molecular weight is 477 g/mol. The minimum absolute atomic E-state index is 0.222. The molecule has 1 aliphatic rings. The van der Waals surface area contributed by atoms with Crippen molar-refractivity contribution < 1.29 is 9.47 Å². The molecule has 0 radical (unpaired) electrons. The van der Waals surface area contributed by atoms with Gasteiger partial charge >= 0.3 is 0 Å². The predicted octanol–water partition coefficient (Wildman–Crippen LogP) is 5.58. The van der Waals surface area contributed by atoms with E-state index in [9.17, 15) is 0 Å². The summed E-state index contributed by atoms with van der Waals surface area (Å²) in [7, 11) is 1.67. The third-order valence-corrected chi connectivity index (χ3v) is 6.28. The Labute approximate surface area is 202 Å². The average Bonchev–Trinajstić information content (AvgIpc) is 3.58. The first-order valence-corrected chi connectivity index (χ1v) is 11.6. The summed E-state index contributed by atoms with van der Waals surface area (Å²) in [6, 6.07) is 15.8. The highest BCUT2D eigenvalue weighted by molar-refractivity contribution is 6.33. The summed E-state index contributed by atoms with van der Waals surface area (Å²) >= 11 is 6.64. The van der Waals surface area contributed by atoms with Crippen LogP contribution in [-0.4, -0.2) is 38.8 Å². The third-order valence-electron chi connectivity index (χ3n) is 5.97. The van der Waals surface area contributed by atoms with Crippen LogP contribution in [0.15, 0.2) is 60.9 Å². The van der Waals surface area contributed by atoms with Crippen LogP contribution in [0.3, 0.4) is 0 Å². The Morgan fingerprint density at radius 3 is 2.59 bits per heavy atom. The van der Waals surface area contributed by atoms with Crippen molar-refractivity contribution in [3.05, 3.63) is 71.5 Å². The molecule has 0 unspecified atom stereocenters. The SMILES string of the molecule is COc1ccc(N(Cc2cccnc2)c2ccc(-c3nn[nH]n3)c(Cl)c2)cc1OC1CCCC1. The largest absolute Gasteiger partial charge is 0.493 e. The Kier molecular flexibility index (Phi) is 6.58. The van der Waals surface area contributed by atoms with Gasteiger partial charge in [-0.25, -0.2) is 0 Å². The summed E-state index contributed by atoms with van der Waals surface area (Å²) in [4.78, 5) is 6.45. The van der Waals surface area contributed by atoms with Crippen molar-refractivity contribution in [3.63, 3.8) is 0 Å². The van der Waals surface area contributed by atoms with E-state index in [1.54, 1.807) is 13.3 Å². The maximum absolute atomic E-state index is 6.64. The molecule has 2 heterocycles. The first-order chi connectivity index (χ1) is 16.7. The number of aromatic amines is 1. The molecule has 0 atom stereocenters. The maximum Gasteiger partial charge on any atom is 0.206 e. The minimum atomic E-state index is 0.222. The lowest BCUT2D eigenvalue weighted by atomic mass is 10.1.